The van der Waals surface area contributed by atoms with Gasteiger partial charge in [-0.15, -0.1) is 0 Å². The van der Waals surface area contributed by atoms with Gasteiger partial charge >= 0.3 is 0 Å². The van der Waals surface area contributed by atoms with Gasteiger partial charge in [0.2, 0.25) is 0 Å². The van der Waals surface area contributed by atoms with E-state index in [9.17, 15) is 4.79 Å². The van der Waals surface area contributed by atoms with E-state index in [-0.39, 0.29) is 11.3 Å². The van der Waals surface area contributed by atoms with E-state index in [0.717, 1.165) is 5.56 Å². The van der Waals surface area contributed by atoms with Crippen molar-refractivity contribution in [1.29, 1.82) is 0 Å². The molecule has 0 unspecified atom stereocenters. The predicted octanol–water partition coefficient (Wildman–Crippen LogP) is 3.74. The zero-order chi connectivity index (χ0) is 14.6. The summed E-state index contributed by atoms with van der Waals surface area (Å²) >= 11 is 0. The fourth-order valence-electron chi connectivity index (χ4n) is 2.45. The zero-order valence-electron chi connectivity index (χ0n) is 12.3. The summed E-state index contributed by atoms with van der Waals surface area (Å²) in [6, 6.07) is 19.7. The van der Waals surface area contributed by atoms with E-state index < -0.39 is 0 Å². The van der Waals surface area contributed by atoms with Crippen molar-refractivity contribution in [2.45, 2.75) is 19.3 Å². The van der Waals surface area contributed by atoms with Crippen LogP contribution < -0.4 is 0 Å². The Morgan fingerprint density at radius 3 is 2.00 bits per heavy atom. The summed E-state index contributed by atoms with van der Waals surface area (Å²) in [5, 5.41) is 0. The molecular weight excluding hydrogens is 246 g/mol. The molecule has 0 spiro atoms. The normalized spacial score (nSPS) is 11.2. The number of rotatable bonds is 4. The van der Waals surface area contributed by atoms with Gasteiger partial charge in [0.25, 0.3) is 5.91 Å². The van der Waals surface area contributed by atoms with Gasteiger partial charge in [-0.3, -0.25) is 4.79 Å². The highest BCUT2D eigenvalue weighted by atomic mass is 16.2. The summed E-state index contributed by atoms with van der Waals surface area (Å²) < 4.78 is 0. The lowest BCUT2D eigenvalue weighted by molar-refractivity contribution is 0.0767. The first-order chi connectivity index (χ1) is 9.50. The molecule has 0 heterocycles. The molecule has 1 amide bonds. The Balaban J connectivity index is 2.11. The Hall–Kier alpha value is -2.09. The smallest absolute Gasteiger partial charge is 0.253 e. The Labute approximate surface area is 121 Å². The summed E-state index contributed by atoms with van der Waals surface area (Å²) in [5.74, 6) is 0.0645. The number of benzene rings is 2. The van der Waals surface area contributed by atoms with Crippen molar-refractivity contribution in [3.05, 3.63) is 71.8 Å². The van der Waals surface area contributed by atoms with Crippen LogP contribution in [0.1, 0.15) is 29.8 Å². The minimum atomic E-state index is -0.0690. The minimum Gasteiger partial charge on any atom is -0.341 e. The average molecular weight is 267 g/mol. The van der Waals surface area contributed by atoms with Gasteiger partial charge in [0.15, 0.2) is 0 Å². The third kappa shape index (κ3) is 3.27. The highest BCUT2D eigenvalue weighted by molar-refractivity contribution is 5.94. The van der Waals surface area contributed by atoms with Crippen molar-refractivity contribution in [2.24, 2.45) is 0 Å². The Kier molecular flexibility index (Phi) is 4.23. The first-order valence-corrected chi connectivity index (χ1v) is 6.87. The number of carbonyl (C=O) groups excluding carboxylic acids is 1. The molecule has 0 atom stereocenters. The molecule has 20 heavy (non-hydrogen) atoms. The molecule has 0 N–H and O–H groups in total. The van der Waals surface area contributed by atoms with Gasteiger partial charge in [-0.05, 0) is 17.7 Å². The van der Waals surface area contributed by atoms with Gasteiger partial charge in [-0.25, -0.2) is 0 Å². The maximum atomic E-state index is 12.4. The van der Waals surface area contributed by atoms with Crippen LogP contribution in [0.4, 0.5) is 0 Å². The fourth-order valence-corrected chi connectivity index (χ4v) is 2.45. The SMILES string of the molecule is CN(CC(C)(C)c1ccccc1)C(=O)c1ccccc1. The Bertz CT molecular complexity index is 560. The van der Waals surface area contributed by atoms with Crippen molar-refractivity contribution < 1.29 is 4.79 Å². The van der Waals surface area contributed by atoms with Gasteiger partial charge in [0.05, 0.1) is 0 Å². The standard InChI is InChI=1S/C18H21NO/c1-18(2,16-12-8-5-9-13-16)14-19(3)17(20)15-10-6-4-7-11-15/h4-13H,14H2,1-3H3. The quantitative estimate of drug-likeness (QED) is 0.826. The summed E-state index contributed by atoms with van der Waals surface area (Å²) in [7, 11) is 1.86. The molecule has 0 aliphatic rings. The number of carbonyl (C=O) groups is 1. The van der Waals surface area contributed by atoms with Gasteiger partial charge in [0, 0.05) is 24.6 Å². The molecule has 0 bridgehead atoms. The van der Waals surface area contributed by atoms with Crippen LogP contribution in [0.15, 0.2) is 60.7 Å². The first kappa shape index (κ1) is 14.3. The van der Waals surface area contributed by atoms with Gasteiger partial charge in [-0.2, -0.15) is 0 Å². The van der Waals surface area contributed by atoms with E-state index in [1.807, 2.05) is 55.6 Å². The molecule has 0 aromatic heterocycles. The second-order valence-corrected chi connectivity index (χ2v) is 5.78. The molecule has 0 saturated heterocycles. The van der Waals surface area contributed by atoms with Gasteiger partial charge in [0.1, 0.15) is 0 Å². The van der Waals surface area contributed by atoms with E-state index in [1.54, 1.807) is 4.90 Å². The largest absolute Gasteiger partial charge is 0.341 e. The number of amides is 1. The number of nitrogens with zero attached hydrogens (tertiary/aromatic N) is 1. The summed E-state index contributed by atoms with van der Waals surface area (Å²) in [6.45, 7) is 5.01. The van der Waals surface area contributed by atoms with Crippen LogP contribution >= 0.6 is 0 Å². The van der Waals surface area contributed by atoms with E-state index in [2.05, 4.69) is 26.0 Å². The van der Waals surface area contributed by atoms with Crippen LogP contribution in [-0.4, -0.2) is 24.4 Å². The molecule has 0 aliphatic carbocycles. The first-order valence-electron chi connectivity index (χ1n) is 6.87. The van der Waals surface area contributed by atoms with Crippen molar-refractivity contribution in [2.75, 3.05) is 13.6 Å². The average Bonchev–Trinajstić information content (AvgIpc) is 2.48. The van der Waals surface area contributed by atoms with Crippen LogP contribution in [-0.2, 0) is 5.41 Å². The summed E-state index contributed by atoms with van der Waals surface area (Å²) in [4.78, 5) is 14.2. The Morgan fingerprint density at radius 1 is 0.950 bits per heavy atom. The van der Waals surface area contributed by atoms with Crippen molar-refractivity contribution in [1.82, 2.24) is 4.90 Å². The van der Waals surface area contributed by atoms with E-state index >= 15 is 0 Å². The molecule has 2 aromatic carbocycles. The zero-order valence-corrected chi connectivity index (χ0v) is 12.3. The maximum absolute atomic E-state index is 12.4. The van der Waals surface area contributed by atoms with Crippen LogP contribution in [0.2, 0.25) is 0 Å². The molecule has 0 aliphatic heterocycles. The van der Waals surface area contributed by atoms with Crippen LogP contribution in [0, 0.1) is 0 Å². The van der Waals surface area contributed by atoms with Gasteiger partial charge in [-0.1, -0.05) is 62.4 Å². The molecule has 0 radical (unpaired) electrons. The Morgan fingerprint density at radius 2 is 1.45 bits per heavy atom. The van der Waals surface area contributed by atoms with Gasteiger partial charge < -0.3 is 4.90 Å². The lowest BCUT2D eigenvalue weighted by atomic mass is 9.84. The molecular formula is C18H21NO. The topological polar surface area (TPSA) is 20.3 Å². The lowest BCUT2D eigenvalue weighted by Gasteiger charge is -2.31. The third-order valence-corrected chi connectivity index (χ3v) is 3.56. The van der Waals surface area contributed by atoms with Crippen molar-refractivity contribution in [3.8, 4) is 0 Å². The van der Waals surface area contributed by atoms with Crippen LogP contribution in [0.3, 0.4) is 0 Å². The molecule has 2 rings (SSSR count). The number of hydrogen-bond acceptors (Lipinski definition) is 1. The highest BCUT2D eigenvalue weighted by Crippen LogP contribution is 2.24. The van der Waals surface area contributed by atoms with Crippen LogP contribution in [0.5, 0.6) is 0 Å². The van der Waals surface area contributed by atoms with Crippen molar-refractivity contribution >= 4 is 5.91 Å². The van der Waals surface area contributed by atoms with Crippen LogP contribution in [0.25, 0.3) is 0 Å². The maximum Gasteiger partial charge on any atom is 0.253 e. The lowest BCUT2D eigenvalue weighted by Crippen LogP contribution is -2.38. The van der Waals surface area contributed by atoms with Crippen molar-refractivity contribution in [3.63, 3.8) is 0 Å². The monoisotopic (exact) mass is 267 g/mol. The molecule has 2 heteroatoms. The molecule has 104 valence electrons. The molecule has 2 nitrogen and oxygen atoms in total. The summed E-state index contributed by atoms with van der Waals surface area (Å²) in [6.07, 6.45) is 0. The molecule has 0 fully saturated rings. The summed E-state index contributed by atoms with van der Waals surface area (Å²) in [5.41, 5.74) is 1.91. The minimum absolute atomic E-state index is 0.0645. The second-order valence-electron chi connectivity index (χ2n) is 5.78. The second kappa shape index (κ2) is 5.91. The van der Waals surface area contributed by atoms with E-state index in [1.165, 1.54) is 5.56 Å². The molecule has 2 aromatic rings. The number of hydrogen-bond donors (Lipinski definition) is 0. The third-order valence-electron chi connectivity index (χ3n) is 3.56. The number of likely N-dealkylation sites (N-methyl/N-ethyl adjacent to an activating group) is 1. The molecule has 0 saturated carbocycles. The van der Waals surface area contributed by atoms with E-state index in [4.69, 9.17) is 0 Å². The fraction of sp³-hybridized carbons (Fsp3) is 0.278. The highest BCUT2D eigenvalue weighted by Gasteiger charge is 2.24. The predicted molar refractivity (Wildman–Crippen MR) is 82.9 cm³/mol. The van der Waals surface area contributed by atoms with E-state index in [0.29, 0.717) is 6.54 Å².